The minimum absolute atomic E-state index is 0.0414. The summed E-state index contributed by atoms with van der Waals surface area (Å²) in [5.41, 5.74) is 0.962. The Morgan fingerprint density at radius 3 is 2.58 bits per heavy atom. The van der Waals surface area contributed by atoms with E-state index in [9.17, 15) is 9.59 Å². The third-order valence-corrected chi connectivity index (χ3v) is 2.53. The van der Waals surface area contributed by atoms with Crippen molar-refractivity contribution in [3.05, 3.63) is 35.9 Å². The topological polar surface area (TPSA) is 69.6 Å². The molecule has 1 aromatic carbocycles. The second kappa shape index (κ2) is 7.07. The number of amides is 2. The summed E-state index contributed by atoms with van der Waals surface area (Å²) in [4.78, 5) is 24.1. The molecule has 100 valence electrons. The molecule has 0 aliphatic rings. The zero-order valence-corrected chi connectivity index (χ0v) is 10.7. The Kier molecular flexibility index (Phi) is 5.42. The smallest absolute Gasteiger partial charge is 0.327 e. The van der Waals surface area contributed by atoms with Gasteiger partial charge in [0.25, 0.3) is 0 Å². The fourth-order valence-electron chi connectivity index (χ4n) is 1.51. The minimum atomic E-state index is -1.14. The number of carbonyl (C=O) groups is 2. The predicted molar refractivity (Wildman–Crippen MR) is 71.3 cm³/mol. The van der Waals surface area contributed by atoms with Gasteiger partial charge in [0.15, 0.2) is 0 Å². The summed E-state index contributed by atoms with van der Waals surface area (Å²) in [6.45, 7) is 0.398. The van der Waals surface area contributed by atoms with Gasteiger partial charge < -0.3 is 15.3 Å². The van der Waals surface area contributed by atoms with E-state index in [-0.39, 0.29) is 6.42 Å². The molecule has 0 saturated heterocycles. The van der Waals surface area contributed by atoms with Gasteiger partial charge in [0, 0.05) is 20.0 Å². The summed E-state index contributed by atoms with van der Waals surface area (Å²) in [5.74, 6) is 1.09. The molecule has 0 aromatic heterocycles. The number of carboxylic acids is 1. The Morgan fingerprint density at radius 1 is 1.42 bits per heavy atom. The van der Waals surface area contributed by atoms with E-state index in [1.807, 2.05) is 30.3 Å². The maximum absolute atomic E-state index is 11.8. The molecule has 1 atom stereocenters. The normalized spacial score (nSPS) is 11.2. The van der Waals surface area contributed by atoms with Gasteiger partial charge in [0.05, 0.1) is 0 Å². The van der Waals surface area contributed by atoms with Gasteiger partial charge in [0.2, 0.25) is 0 Å². The van der Waals surface area contributed by atoms with Crippen LogP contribution in [-0.2, 0) is 11.3 Å². The Hall–Kier alpha value is -2.48. The van der Waals surface area contributed by atoms with Crippen molar-refractivity contribution in [1.82, 2.24) is 10.2 Å². The third-order valence-electron chi connectivity index (χ3n) is 2.53. The number of urea groups is 1. The van der Waals surface area contributed by atoms with E-state index in [4.69, 9.17) is 11.5 Å². The number of carbonyl (C=O) groups excluding carboxylic acids is 1. The number of rotatable bonds is 5. The van der Waals surface area contributed by atoms with E-state index in [0.29, 0.717) is 6.54 Å². The van der Waals surface area contributed by atoms with Crippen LogP contribution < -0.4 is 5.32 Å². The van der Waals surface area contributed by atoms with Gasteiger partial charge in [-0.1, -0.05) is 30.3 Å². The van der Waals surface area contributed by atoms with Crippen LogP contribution in [0.1, 0.15) is 12.0 Å². The molecular formula is C14H16N2O3. The quantitative estimate of drug-likeness (QED) is 0.784. The van der Waals surface area contributed by atoms with Gasteiger partial charge in [-0.15, -0.1) is 12.3 Å². The summed E-state index contributed by atoms with van der Waals surface area (Å²) >= 11 is 0. The number of benzene rings is 1. The SMILES string of the molecule is C#CCC(NC(=O)N(C)Cc1ccccc1)C(=O)O. The van der Waals surface area contributed by atoms with Gasteiger partial charge in [-0.05, 0) is 5.56 Å². The highest BCUT2D eigenvalue weighted by molar-refractivity contribution is 5.82. The molecule has 1 aromatic rings. The zero-order valence-electron chi connectivity index (χ0n) is 10.7. The molecule has 5 nitrogen and oxygen atoms in total. The average Bonchev–Trinajstić information content (AvgIpc) is 2.39. The first-order valence-corrected chi connectivity index (χ1v) is 5.76. The van der Waals surface area contributed by atoms with Crippen molar-refractivity contribution < 1.29 is 14.7 Å². The lowest BCUT2D eigenvalue weighted by atomic mass is 10.2. The van der Waals surface area contributed by atoms with Crippen LogP contribution in [0.25, 0.3) is 0 Å². The maximum Gasteiger partial charge on any atom is 0.327 e. The van der Waals surface area contributed by atoms with Crippen LogP contribution in [0.15, 0.2) is 30.3 Å². The Morgan fingerprint density at radius 2 is 2.05 bits per heavy atom. The van der Waals surface area contributed by atoms with Gasteiger partial charge in [-0.3, -0.25) is 0 Å². The molecular weight excluding hydrogens is 244 g/mol. The summed E-state index contributed by atoms with van der Waals surface area (Å²) in [6.07, 6.45) is 5.02. The minimum Gasteiger partial charge on any atom is -0.480 e. The van der Waals surface area contributed by atoms with E-state index in [1.165, 1.54) is 4.90 Å². The highest BCUT2D eigenvalue weighted by Gasteiger charge is 2.20. The van der Waals surface area contributed by atoms with Crippen LogP contribution in [0, 0.1) is 12.3 Å². The lowest BCUT2D eigenvalue weighted by Gasteiger charge is -2.20. The third kappa shape index (κ3) is 4.72. The van der Waals surface area contributed by atoms with Crippen molar-refractivity contribution in [2.24, 2.45) is 0 Å². The van der Waals surface area contributed by atoms with Crippen molar-refractivity contribution in [2.75, 3.05) is 7.05 Å². The maximum atomic E-state index is 11.8. The van der Waals surface area contributed by atoms with Gasteiger partial charge in [-0.2, -0.15) is 0 Å². The van der Waals surface area contributed by atoms with E-state index in [1.54, 1.807) is 7.05 Å². The van der Waals surface area contributed by atoms with E-state index < -0.39 is 18.0 Å². The monoisotopic (exact) mass is 260 g/mol. The zero-order chi connectivity index (χ0) is 14.3. The molecule has 1 rings (SSSR count). The number of carboxylic acid groups (broad SMARTS) is 1. The van der Waals surface area contributed by atoms with Crippen LogP contribution in [0.3, 0.4) is 0 Å². The molecule has 19 heavy (non-hydrogen) atoms. The first-order chi connectivity index (χ1) is 9.04. The second-order valence-corrected chi connectivity index (χ2v) is 4.09. The van der Waals surface area contributed by atoms with Crippen molar-refractivity contribution in [2.45, 2.75) is 19.0 Å². The first-order valence-electron chi connectivity index (χ1n) is 5.76. The molecule has 2 amide bonds. The van der Waals surface area contributed by atoms with Crippen molar-refractivity contribution in [3.8, 4) is 12.3 Å². The van der Waals surface area contributed by atoms with Crippen LogP contribution in [-0.4, -0.2) is 35.1 Å². The number of hydrogen-bond donors (Lipinski definition) is 2. The van der Waals surface area contributed by atoms with Crippen molar-refractivity contribution >= 4 is 12.0 Å². The van der Waals surface area contributed by atoms with Crippen molar-refractivity contribution in [3.63, 3.8) is 0 Å². The summed E-state index contributed by atoms with van der Waals surface area (Å²) in [5, 5.41) is 11.3. The largest absolute Gasteiger partial charge is 0.480 e. The van der Waals surface area contributed by atoms with Crippen LogP contribution in [0.4, 0.5) is 4.79 Å². The molecule has 1 unspecified atom stereocenters. The van der Waals surface area contributed by atoms with E-state index in [0.717, 1.165) is 5.56 Å². The van der Waals surface area contributed by atoms with E-state index in [2.05, 4.69) is 11.2 Å². The fourth-order valence-corrected chi connectivity index (χ4v) is 1.51. The predicted octanol–water partition coefficient (Wildman–Crippen LogP) is 1.30. The summed E-state index contributed by atoms with van der Waals surface area (Å²) in [6, 6.07) is 7.89. The van der Waals surface area contributed by atoms with Crippen LogP contribution >= 0.6 is 0 Å². The number of terminal acetylenes is 1. The number of hydrogen-bond acceptors (Lipinski definition) is 2. The number of nitrogens with zero attached hydrogens (tertiary/aromatic N) is 1. The number of aliphatic carboxylic acids is 1. The molecule has 0 aliphatic carbocycles. The lowest BCUT2D eigenvalue weighted by Crippen LogP contribution is -2.46. The highest BCUT2D eigenvalue weighted by atomic mass is 16.4. The number of nitrogens with one attached hydrogen (secondary N) is 1. The second-order valence-electron chi connectivity index (χ2n) is 4.09. The molecule has 2 N–H and O–H groups in total. The van der Waals surface area contributed by atoms with Crippen molar-refractivity contribution in [1.29, 1.82) is 0 Å². The first kappa shape index (κ1) is 14.6. The molecule has 5 heteroatoms. The Bertz CT molecular complexity index is 479. The Balaban J connectivity index is 2.57. The van der Waals surface area contributed by atoms with Gasteiger partial charge in [-0.25, -0.2) is 9.59 Å². The fraction of sp³-hybridized carbons (Fsp3) is 0.286. The van der Waals surface area contributed by atoms with E-state index >= 15 is 0 Å². The van der Waals surface area contributed by atoms with Crippen LogP contribution in [0.5, 0.6) is 0 Å². The average molecular weight is 260 g/mol. The molecule has 0 saturated carbocycles. The molecule has 0 spiro atoms. The molecule has 0 fully saturated rings. The standard InChI is InChI=1S/C14H16N2O3/c1-3-7-12(13(17)18)15-14(19)16(2)10-11-8-5-4-6-9-11/h1,4-6,8-9,12H,7,10H2,2H3,(H,15,19)(H,17,18). The Labute approximate surface area is 112 Å². The highest BCUT2D eigenvalue weighted by Crippen LogP contribution is 2.03. The molecule has 0 aliphatic heterocycles. The lowest BCUT2D eigenvalue weighted by molar-refractivity contribution is -0.139. The van der Waals surface area contributed by atoms with Gasteiger partial charge in [0.1, 0.15) is 6.04 Å². The summed E-state index contributed by atoms with van der Waals surface area (Å²) < 4.78 is 0. The van der Waals surface area contributed by atoms with Gasteiger partial charge >= 0.3 is 12.0 Å². The molecule has 0 bridgehead atoms. The molecule has 0 radical (unpaired) electrons. The summed E-state index contributed by atoms with van der Waals surface area (Å²) in [7, 11) is 1.59. The molecule has 0 heterocycles. The van der Waals surface area contributed by atoms with Crippen LogP contribution in [0.2, 0.25) is 0 Å².